The van der Waals surface area contributed by atoms with Crippen LogP contribution in [-0.2, 0) is 27.5 Å². The van der Waals surface area contributed by atoms with Crippen molar-refractivity contribution in [3.05, 3.63) is 95.1 Å². The second kappa shape index (κ2) is 14.8. The van der Waals surface area contributed by atoms with E-state index in [0.717, 1.165) is 5.56 Å². The second-order valence-electron chi connectivity index (χ2n) is 10.2. The van der Waals surface area contributed by atoms with Gasteiger partial charge in [-0.2, -0.15) is 0 Å². The molecule has 4 rings (SSSR count). The Morgan fingerprint density at radius 3 is 2.28 bits per heavy atom. The van der Waals surface area contributed by atoms with Gasteiger partial charge >= 0.3 is 6.09 Å². The van der Waals surface area contributed by atoms with Gasteiger partial charge in [-0.3, -0.25) is 20.3 Å². The standard InChI is InChI=1S/C32H37N5O6/c1-20(36-31(39)28-15-25(18-34-28)23-7-5-4-6-8-23)30(38)35-17-21-9-11-24(12-10-21)29(33)37-32(40)43-19-22-13-26(41-2)16-27(14-22)42-3/h4-14,16,20,25,28,34H,15,17-19H2,1-3H3,(H,35,38)(H,36,39)(H2,33,37,40)/t20-,25-,28+/m0/s1. The summed E-state index contributed by atoms with van der Waals surface area (Å²) in [6, 6.07) is 21.0. The third-order valence-electron chi connectivity index (χ3n) is 7.19. The first-order valence-electron chi connectivity index (χ1n) is 14.0. The van der Waals surface area contributed by atoms with Crippen LogP contribution < -0.4 is 30.7 Å². The molecule has 43 heavy (non-hydrogen) atoms. The van der Waals surface area contributed by atoms with E-state index in [-0.39, 0.29) is 42.8 Å². The van der Waals surface area contributed by atoms with Crippen LogP contribution in [0.1, 0.15) is 41.5 Å². The summed E-state index contributed by atoms with van der Waals surface area (Å²) in [6.45, 7) is 2.57. The normalized spacial score (nSPS) is 16.4. The zero-order chi connectivity index (χ0) is 30.8. The molecule has 0 spiro atoms. The van der Waals surface area contributed by atoms with Crippen molar-refractivity contribution in [2.75, 3.05) is 20.8 Å². The number of alkyl carbamates (subject to hydrolysis) is 1. The van der Waals surface area contributed by atoms with Crippen LogP contribution >= 0.6 is 0 Å². The van der Waals surface area contributed by atoms with Crippen molar-refractivity contribution in [3.63, 3.8) is 0 Å². The van der Waals surface area contributed by atoms with Crippen LogP contribution in [0, 0.1) is 5.41 Å². The summed E-state index contributed by atoms with van der Waals surface area (Å²) in [7, 11) is 3.06. The van der Waals surface area contributed by atoms with E-state index in [1.54, 1.807) is 49.4 Å². The van der Waals surface area contributed by atoms with Crippen molar-refractivity contribution in [1.82, 2.24) is 21.3 Å². The molecule has 3 amide bonds. The maximum atomic E-state index is 12.7. The summed E-state index contributed by atoms with van der Waals surface area (Å²) in [5.74, 6) is 0.768. The smallest absolute Gasteiger partial charge is 0.413 e. The molecule has 3 aromatic carbocycles. The van der Waals surface area contributed by atoms with Crippen LogP contribution in [0.2, 0.25) is 0 Å². The fourth-order valence-electron chi connectivity index (χ4n) is 4.73. The molecule has 1 aliphatic rings. The van der Waals surface area contributed by atoms with E-state index in [0.29, 0.717) is 35.6 Å². The number of hydrogen-bond acceptors (Lipinski definition) is 8. The molecule has 0 saturated carbocycles. The number of methoxy groups -OCH3 is 2. The van der Waals surface area contributed by atoms with Gasteiger partial charge in [0.25, 0.3) is 0 Å². The SMILES string of the molecule is COc1cc(COC(=O)NC(=N)c2ccc(CNC(=O)[C@H](C)NC(=O)[C@H]3C[C@H](c4ccccc4)CN3)cc2)cc(OC)c1. The van der Waals surface area contributed by atoms with Gasteiger partial charge in [0.1, 0.15) is 30.0 Å². The molecule has 11 nitrogen and oxygen atoms in total. The number of nitrogens with one attached hydrogen (secondary N) is 5. The van der Waals surface area contributed by atoms with Crippen LogP contribution in [0.15, 0.2) is 72.8 Å². The molecule has 226 valence electrons. The van der Waals surface area contributed by atoms with Crippen molar-refractivity contribution in [3.8, 4) is 11.5 Å². The number of hydrogen-bond donors (Lipinski definition) is 5. The van der Waals surface area contributed by atoms with Gasteiger partial charge in [-0.25, -0.2) is 4.79 Å². The van der Waals surface area contributed by atoms with Gasteiger partial charge < -0.3 is 30.2 Å². The first kappa shape index (κ1) is 31.0. The lowest BCUT2D eigenvalue weighted by molar-refractivity contribution is -0.129. The summed E-state index contributed by atoms with van der Waals surface area (Å²) in [5.41, 5.74) is 3.12. The fraction of sp³-hybridized carbons (Fsp3) is 0.312. The zero-order valence-corrected chi connectivity index (χ0v) is 24.4. The Morgan fingerprint density at radius 1 is 0.953 bits per heavy atom. The van der Waals surface area contributed by atoms with E-state index in [4.69, 9.17) is 19.6 Å². The Kier molecular flexibility index (Phi) is 10.7. The van der Waals surface area contributed by atoms with Gasteiger partial charge in [0, 0.05) is 24.7 Å². The Labute approximate surface area is 250 Å². The van der Waals surface area contributed by atoms with Crippen LogP contribution in [0.4, 0.5) is 4.79 Å². The summed E-state index contributed by atoms with van der Waals surface area (Å²) in [4.78, 5) is 37.6. The number of carbonyl (C=O) groups excluding carboxylic acids is 3. The van der Waals surface area contributed by atoms with E-state index in [1.807, 2.05) is 18.2 Å². The molecular formula is C32H37N5O6. The number of rotatable bonds is 11. The topological polar surface area (TPSA) is 151 Å². The van der Waals surface area contributed by atoms with Gasteiger partial charge in [0.05, 0.1) is 20.3 Å². The molecule has 1 fully saturated rings. The molecule has 0 unspecified atom stereocenters. The van der Waals surface area contributed by atoms with Crippen LogP contribution in [0.5, 0.6) is 11.5 Å². The monoisotopic (exact) mass is 587 g/mol. The van der Waals surface area contributed by atoms with Gasteiger partial charge in [0.15, 0.2) is 0 Å². The average Bonchev–Trinajstić information content (AvgIpc) is 3.54. The second-order valence-corrected chi connectivity index (χ2v) is 10.2. The molecule has 11 heteroatoms. The van der Waals surface area contributed by atoms with Crippen molar-refractivity contribution in [2.45, 2.75) is 44.5 Å². The predicted octanol–water partition coefficient (Wildman–Crippen LogP) is 3.22. The molecule has 3 aromatic rings. The van der Waals surface area contributed by atoms with Gasteiger partial charge in [0.2, 0.25) is 11.8 Å². The Hall–Kier alpha value is -4.90. The highest BCUT2D eigenvalue weighted by atomic mass is 16.5. The number of carbonyl (C=O) groups is 3. The fourth-order valence-corrected chi connectivity index (χ4v) is 4.73. The molecule has 5 N–H and O–H groups in total. The van der Waals surface area contributed by atoms with Crippen LogP contribution in [0.25, 0.3) is 0 Å². The number of benzene rings is 3. The van der Waals surface area contributed by atoms with E-state index in [2.05, 4.69) is 33.4 Å². The third-order valence-corrected chi connectivity index (χ3v) is 7.19. The predicted molar refractivity (Wildman–Crippen MR) is 161 cm³/mol. The molecule has 1 aliphatic heterocycles. The summed E-state index contributed by atoms with van der Waals surface area (Å²) in [6.07, 6.45) is -0.0992. The van der Waals surface area contributed by atoms with Crippen molar-refractivity contribution >= 4 is 23.7 Å². The third kappa shape index (κ3) is 8.79. The van der Waals surface area contributed by atoms with Crippen molar-refractivity contribution in [1.29, 1.82) is 5.41 Å². The number of ether oxygens (including phenoxy) is 3. The molecular weight excluding hydrogens is 550 g/mol. The lowest BCUT2D eigenvalue weighted by Crippen LogP contribution is -2.49. The van der Waals surface area contributed by atoms with Crippen molar-refractivity contribution in [2.24, 2.45) is 0 Å². The van der Waals surface area contributed by atoms with Crippen molar-refractivity contribution < 1.29 is 28.6 Å². The Balaban J connectivity index is 1.18. The molecule has 0 bridgehead atoms. The molecule has 0 radical (unpaired) electrons. The highest BCUT2D eigenvalue weighted by Crippen LogP contribution is 2.25. The van der Waals surface area contributed by atoms with E-state index in [9.17, 15) is 14.4 Å². The first-order valence-corrected chi connectivity index (χ1v) is 14.0. The lowest BCUT2D eigenvalue weighted by Gasteiger charge is -2.17. The minimum atomic E-state index is -0.775. The van der Waals surface area contributed by atoms with Gasteiger partial charge in [-0.15, -0.1) is 0 Å². The summed E-state index contributed by atoms with van der Waals surface area (Å²) >= 11 is 0. The highest BCUT2D eigenvalue weighted by Gasteiger charge is 2.31. The maximum Gasteiger partial charge on any atom is 0.413 e. The summed E-state index contributed by atoms with van der Waals surface area (Å²) < 4.78 is 15.7. The Morgan fingerprint density at radius 2 is 1.63 bits per heavy atom. The van der Waals surface area contributed by atoms with E-state index < -0.39 is 12.1 Å². The molecule has 0 aromatic heterocycles. The highest BCUT2D eigenvalue weighted by molar-refractivity contribution is 6.04. The molecule has 1 heterocycles. The quantitative estimate of drug-likeness (QED) is 0.171. The van der Waals surface area contributed by atoms with Gasteiger partial charge in [-0.05, 0) is 48.1 Å². The summed E-state index contributed by atoms with van der Waals surface area (Å²) in [5, 5.41) is 19.5. The van der Waals surface area contributed by atoms with E-state index in [1.165, 1.54) is 19.8 Å². The minimum Gasteiger partial charge on any atom is -0.497 e. The number of amidine groups is 1. The molecule has 0 aliphatic carbocycles. The number of amides is 3. The van der Waals surface area contributed by atoms with Crippen LogP contribution in [0.3, 0.4) is 0 Å². The molecule has 1 saturated heterocycles. The average molecular weight is 588 g/mol. The Bertz CT molecular complexity index is 1410. The largest absolute Gasteiger partial charge is 0.497 e. The van der Waals surface area contributed by atoms with E-state index >= 15 is 0 Å². The maximum absolute atomic E-state index is 12.7. The van der Waals surface area contributed by atoms with Crippen LogP contribution in [-0.4, -0.2) is 56.6 Å². The van der Waals surface area contributed by atoms with Gasteiger partial charge in [-0.1, -0.05) is 54.6 Å². The minimum absolute atomic E-state index is 0.0322. The zero-order valence-electron chi connectivity index (χ0n) is 24.4. The lowest BCUT2D eigenvalue weighted by atomic mass is 9.96. The molecule has 3 atom stereocenters. The first-order chi connectivity index (χ1) is 20.7.